The lowest BCUT2D eigenvalue weighted by Crippen LogP contribution is -2.13. The SMILES string of the molecule is C=CCOCCOCCOCCOCCOc1ccc(N)cc1. The van der Waals surface area contributed by atoms with Crippen molar-refractivity contribution in [2.75, 3.05) is 65.2 Å². The Morgan fingerprint density at radius 3 is 1.74 bits per heavy atom. The fraction of sp³-hybridized carbons (Fsp3) is 0.529. The summed E-state index contributed by atoms with van der Waals surface area (Å²) < 4.78 is 26.8. The predicted molar refractivity (Wildman–Crippen MR) is 89.8 cm³/mol. The van der Waals surface area contributed by atoms with Crippen LogP contribution < -0.4 is 10.5 Å². The van der Waals surface area contributed by atoms with Gasteiger partial charge in [-0.2, -0.15) is 0 Å². The monoisotopic (exact) mass is 325 g/mol. The first-order valence-electron chi connectivity index (χ1n) is 7.73. The van der Waals surface area contributed by atoms with E-state index in [0.29, 0.717) is 59.5 Å². The summed E-state index contributed by atoms with van der Waals surface area (Å²) in [5.74, 6) is 0.785. The standard InChI is InChI=1S/C17H27NO5/c1-2-7-19-8-9-20-10-11-21-12-13-22-14-15-23-17-5-3-16(18)4-6-17/h2-6H,1,7-15,18H2. The fourth-order valence-corrected chi connectivity index (χ4v) is 1.61. The van der Waals surface area contributed by atoms with Crippen LogP contribution in [0.5, 0.6) is 5.75 Å². The Hall–Kier alpha value is -1.60. The van der Waals surface area contributed by atoms with E-state index in [1.807, 2.05) is 12.1 Å². The quantitative estimate of drug-likeness (QED) is 0.302. The molecule has 0 radical (unpaired) electrons. The van der Waals surface area contributed by atoms with Crippen LogP contribution in [-0.4, -0.2) is 59.5 Å². The molecule has 130 valence electrons. The molecule has 0 fully saturated rings. The van der Waals surface area contributed by atoms with E-state index in [2.05, 4.69) is 6.58 Å². The number of ether oxygens (including phenoxy) is 5. The van der Waals surface area contributed by atoms with Crippen LogP contribution in [0.25, 0.3) is 0 Å². The Labute approximate surface area is 138 Å². The molecule has 0 aliphatic heterocycles. The Balaban J connectivity index is 1.78. The van der Waals surface area contributed by atoms with Gasteiger partial charge in [0, 0.05) is 5.69 Å². The molecule has 0 bridgehead atoms. The lowest BCUT2D eigenvalue weighted by atomic mass is 10.3. The van der Waals surface area contributed by atoms with Gasteiger partial charge in [0.15, 0.2) is 0 Å². The van der Waals surface area contributed by atoms with Crippen LogP contribution in [-0.2, 0) is 18.9 Å². The summed E-state index contributed by atoms with van der Waals surface area (Å²) in [6.07, 6.45) is 1.71. The highest BCUT2D eigenvalue weighted by molar-refractivity contribution is 5.41. The van der Waals surface area contributed by atoms with E-state index in [-0.39, 0.29) is 0 Å². The van der Waals surface area contributed by atoms with Crippen LogP contribution in [0.1, 0.15) is 0 Å². The molecule has 0 atom stereocenters. The second-order valence-corrected chi connectivity index (χ2v) is 4.62. The molecular weight excluding hydrogens is 298 g/mol. The lowest BCUT2D eigenvalue weighted by Gasteiger charge is -2.08. The van der Waals surface area contributed by atoms with Gasteiger partial charge in [-0.25, -0.2) is 0 Å². The first-order chi connectivity index (χ1) is 11.3. The van der Waals surface area contributed by atoms with E-state index in [1.165, 1.54) is 0 Å². The van der Waals surface area contributed by atoms with E-state index in [9.17, 15) is 0 Å². The first-order valence-corrected chi connectivity index (χ1v) is 7.73. The highest BCUT2D eigenvalue weighted by Gasteiger charge is 1.95. The lowest BCUT2D eigenvalue weighted by molar-refractivity contribution is -0.00221. The van der Waals surface area contributed by atoms with Gasteiger partial charge in [0.05, 0.1) is 52.9 Å². The summed E-state index contributed by atoms with van der Waals surface area (Å²) in [5.41, 5.74) is 6.32. The molecule has 6 heteroatoms. The van der Waals surface area contributed by atoms with Crippen molar-refractivity contribution in [3.8, 4) is 5.75 Å². The van der Waals surface area contributed by atoms with Crippen molar-refractivity contribution in [2.45, 2.75) is 0 Å². The molecule has 0 aromatic heterocycles. The summed E-state index contributed by atoms with van der Waals surface area (Å²) in [7, 11) is 0. The third-order valence-electron chi connectivity index (χ3n) is 2.73. The minimum absolute atomic E-state index is 0.498. The van der Waals surface area contributed by atoms with Gasteiger partial charge in [0.1, 0.15) is 12.4 Å². The van der Waals surface area contributed by atoms with Gasteiger partial charge in [-0.3, -0.25) is 0 Å². The molecule has 0 amide bonds. The van der Waals surface area contributed by atoms with Crippen molar-refractivity contribution in [2.24, 2.45) is 0 Å². The topological polar surface area (TPSA) is 72.2 Å². The molecule has 0 spiro atoms. The number of rotatable bonds is 15. The maximum absolute atomic E-state index is 5.59. The smallest absolute Gasteiger partial charge is 0.119 e. The van der Waals surface area contributed by atoms with Crippen LogP contribution in [0.15, 0.2) is 36.9 Å². The van der Waals surface area contributed by atoms with Gasteiger partial charge in [-0.15, -0.1) is 6.58 Å². The summed E-state index contributed by atoms with van der Waals surface area (Å²) in [6.45, 7) is 8.45. The molecular formula is C17H27NO5. The minimum atomic E-state index is 0.498. The summed E-state index contributed by atoms with van der Waals surface area (Å²) in [5, 5.41) is 0. The molecule has 1 rings (SSSR count). The molecule has 0 aliphatic carbocycles. The second kappa shape index (κ2) is 14.0. The van der Waals surface area contributed by atoms with Crippen molar-refractivity contribution in [1.29, 1.82) is 0 Å². The highest BCUT2D eigenvalue weighted by Crippen LogP contribution is 2.12. The third kappa shape index (κ3) is 11.6. The average Bonchev–Trinajstić information content (AvgIpc) is 2.57. The van der Waals surface area contributed by atoms with Gasteiger partial charge in [-0.05, 0) is 24.3 Å². The fourth-order valence-electron chi connectivity index (χ4n) is 1.61. The molecule has 0 saturated heterocycles. The molecule has 1 aromatic rings. The summed E-state index contributed by atoms with van der Waals surface area (Å²) in [4.78, 5) is 0. The number of nitrogens with two attached hydrogens (primary N) is 1. The van der Waals surface area contributed by atoms with Crippen LogP contribution >= 0.6 is 0 Å². The number of anilines is 1. The van der Waals surface area contributed by atoms with E-state index in [4.69, 9.17) is 29.4 Å². The van der Waals surface area contributed by atoms with E-state index >= 15 is 0 Å². The second-order valence-electron chi connectivity index (χ2n) is 4.62. The predicted octanol–water partition coefficient (Wildman–Crippen LogP) is 1.90. The number of nitrogen functional groups attached to an aromatic ring is 1. The van der Waals surface area contributed by atoms with Gasteiger partial charge in [0.25, 0.3) is 0 Å². The molecule has 6 nitrogen and oxygen atoms in total. The van der Waals surface area contributed by atoms with Crippen molar-refractivity contribution in [3.05, 3.63) is 36.9 Å². The Bertz CT molecular complexity index is 396. The van der Waals surface area contributed by atoms with Crippen LogP contribution in [0.4, 0.5) is 5.69 Å². The number of benzene rings is 1. The maximum atomic E-state index is 5.59. The van der Waals surface area contributed by atoms with Crippen LogP contribution in [0.3, 0.4) is 0 Å². The number of hydrogen-bond donors (Lipinski definition) is 1. The Kier molecular flexibility index (Phi) is 11.9. The van der Waals surface area contributed by atoms with Crippen LogP contribution in [0.2, 0.25) is 0 Å². The first kappa shape index (κ1) is 19.4. The zero-order chi connectivity index (χ0) is 16.6. The highest BCUT2D eigenvalue weighted by atomic mass is 16.6. The maximum Gasteiger partial charge on any atom is 0.119 e. The van der Waals surface area contributed by atoms with Gasteiger partial charge in [-0.1, -0.05) is 6.08 Å². The Morgan fingerprint density at radius 1 is 0.739 bits per heavy atom. The Morgan fingerprint density at radius 2 is 1.22 bits per heavy atom. The van der Waals surface area contributed by atoms with Crippen molar-refractivity contribution in [3.63, 3.8) is 0 Å². The molecule has 1 aromatic carbocycles. The largest absolute Gasteiger partial charge is 0.491 e. The number of hydrogen-bond acceptors (Lipinski definition) is 6. The van der Waals surface area contributed by atoms with Gasteiger partial charge in [0.2, 0.25) is 0 Å². The zero-order valence-corrected chi connectivity index (χ0v) is 13.6. The minimum Gasteiger partial charge on any atom is -0.491 e. The van der Waals surface area contributed by atoms with E-state index in [0.717, 1.165) is 11.4 Å². The molecule has 0 unspecified atom stereocenters. The normalized spacial score (nSPS) is 10.6. The van der Waals surface area contributed by atoms with E-state index in [1.54, 1.807) is 18.2 Å². The van der Waals surface area contributed by atoms with Gasteiger partial charge >= 0.3 is 0 Å². The molecule has 0 aliphatic rings. The third-order valence-corrected chi connectivity index (χ3v) is 2.73. The van der Waals surface area contributed by atoms with Crippen molar-refractivity contribution < 1.29 is 23.7 Å². The van der Waals surface area contributed by atoms with Crippen LogP contribution in [0, 0.1) is 0 Å². The summed E-state index contributed by atoms with van der Waals surface area (Å²) in [6, 6.07) is 7.27. The zero-order valence-electron chi connectivity index (χ0n) is 13.6. The van der Waals surface area contributed by atoms with E-state index < -0.39 is 0 Å². The molecule has 0 heterocycles. The van der Waals surface area contributed by atoms with Crippen molar-refractivity contribution in [1.82, 2.24) is 0 Å². The molecule has 0 saturated carbocycles. The molecule has 2 N–H and O–H groups in total. The average molecular weight is 325 g/mol. The molecule has 23 heavy (non-hydrogen) atoms. The van der Waals surface area contributed by atoms with Crippen molar-refractivity contribution >= 4 is 5.69 Å². The summed E-state index contributed by atoms with van der Waals surface area (Å²) >= 11 is 0. The van der Waals surface area contributed by atoms with Gasteiger partial charge < -0.3 is 29.4 Å².